The molecular formula is C18H23N3O2. The van der Waals surface area contributed by atoms with Crippen molar-refractivity contribution in [1.82, 2.24) is 4.98 Å². The second-order valence-electron chi connectivity index (χ2n) is 5.12. The largest absolute Gasteiger partial charge is 0.494 e. The zero-order chi connectivity index (χ0) is 16.5. The molecule has 1 heterocycles. The second-order valence-corrected chi connectivity index (χ2v) is 5.12. The highest BCUT2D eigenvalue weighted by atomic mass is 16.5. The molecule has 0 radical (unpaired) electrons. The van der Waals surface area contributed by atoms with Crippen molar-refractivity contribution in [3.63, 3.8) is 0 Å². The first-order valence-electron chi connectivity index (χ1n) is 7.97. The van der Waals surface area contributed by atoms with Crippen LogP contribution >= 0.6 is 0 Å². The Bertz CT molecular complexity index is 626. The number of amides is 1. The highest BCUT2D eigenvalue weighted by molar-refractivity contribution is 6.04. The summed E-state index contributed by atoms with van der Waals surface area (Å²) in [4.78, 5) is 16.5. The SMILES string of the molecule is CCCCNc1cc(C(=O)Nc2ccc(OCC)cc2)ccn1. The van der Waals surface area contributed by atoms with Gasteiger partial charge in [-0.2, -0.15) is 0 Å². The topological polar surface area (TPSA) is 63.2 Å². The van der Waals surface area contributed by atoms with Gasteiger partial charge in [-0.15, -0.1) is 0 Å². The van der Waals surface area contributed by atoms with Crippen molar-refractivity contribution < 1.29 is 9.53 Å². The summed E-state index contributed by atoms with van der Waals surface area (Å²) in [7, 11) is 0. The van der Waals surface area contributed by atoms with Gasteiger partial charge >= 0.3 is 0 Å². The molecule has 0 aliphatic rings. The normalized spacial score (nSPS) is 10.2. The number of carbonyl (C=O) groups excluding carboxylic acids is 1. The number of ether oxygens (including phenoxy) is 1. The molecule has 0 aliphatic heterocycles. The van der Waals surface area contributed by atoms with Crippen LogP contribution in [0.15, 0.2) is 42.6 Å². The molecule has 2 rings (SSSR count). The number of rotatable bonds is 8. The molecule has 1 aromatic carbocycles. The van der Waals surface area contributed by atoms with Crippen LogP contribution in [-0.4, -0.2) is 24.0 Å². The molecule has 0 fully saturated rings. The molecule has 23 heavy (non-hydrogen) atoms. The van der Waals surface area contributed by atoms with E-state index in [4.69, 9.17) is 4.74 Å². The molecule has 0 atom stereocenters. The summed E-state index contributed by atoms with van der Waals surface area (Å²) in [5, 5.41) is 6.09. The van der Waals surface area contributed by atoms with Crippen LogP contribution in [-0.2, 0) is 0 Å². The van der Waals surface area contributed by atoms with E-state index < -0.39 is 0 Å². The second kappa shape index (κ2) is 8.78. The smallest absolute Gasteiger partial charge is 0.255 e. The van der Waals surface area contributed by atoms with Gasteiger partial charge in [-0.25, -0.2) is 4.98 Å². The third-order valence-corrected chi connectivity index (χ3v) is 3.28. The molecule has 0 spiro atoms. The lowest BCUT2D eigenvalue weighted by molar-refractivity contribution is 0.102. The third kappa shape index (κ3) is 5.29. The molecule has 0 unspecified atom stereocenters. The number of nitrogens with one attached hydrogen (secondary N) is 2. The maximum atomic E-state index is 12.3. The van der Waals surface area contributed by atoms with Crippen LogP contribution in [0.1, 0.15) is 37.0 Å². The first kappa shape index (κ1) is 16.8. The Balaban J connectivity index is 1.98. The highest BCUT2D eigenvalue weighted by Gasteiger charge is 2.07. The summed E-state index contributed by atoms with van der Waals surface area (Å²) in [6.45, 7) is 5.55. The Morgan fingerprint density at radius 1 is 1.17 bits per heavy atom. The molecule has 1 amide bonds. The molecule has 5 heteroatoms. The minimum Gasteiger partial charge on any atom is -0.494 e. The van der Waals surface area contributed by atoms with Crippen molar-refractivity contribution in [2.24, 2.45) is 0 Å². The zero-order valence-corrected chi connectivity index (χ0v) is 13.6. The standard InChI is InChI=1S/C18H23N3O2/c1-3-5-11-19-17-13-14(10-12-20-17)18(22)21-15-6-8-16(9-7-15)23-4-2/h6-10,12-13H,3-5,11H2,1-2H3,(H,19,20)(H,21,22). The maximum Gasteiger partial charge on any atom is 0.255 e. The first-order valence-corrected chi connectivity index (χ1v) is 7.97. The van der Waals surface area contributed by atoms with Gasteiger partial charge in [0.05, 0.1) is 6.61 Å². The quantitative estimate of drug-likeness (QED) is 0.724. The van der Waals surface area contributed by atoms with Gasteiger partial charge in [-0.05, 0) is 49.7 Å². The summed E-state index contributed by atoms with van der Waals surface area (Å²) in [5.41, 5.74) is 1.31. The van der Waals surface area contributed by atoms with Gasteiger partial charge in [0.2, 0.25) is 0 Å². The Morgan fingerprint density at radius 3 is 2.65 bits per heavy atom. The molecule has 0 bridgehead atoms. The van der Waals surface area contributed by atoms with Crippen LogP contribution in [0.5, 0.6) is 5.75 Å². The fourth-order valence-electron chi connectivity index (χ4n) is 2.07. The molecule has 5 nitrogen and oxygen atoms in total. The summed E-state index contributed by atoms with van der Waals surface area (Å²) in [6.07, 6.45) is 3.83. The lowest BCUT2D eigenvalue weighted by Crippen LogP contribution is -2.13. The Kier molecular flexibility index (Phi) is 6.41. The van der Waals surface area contributed by atoms with E-state index in [1.165, 1.54) is 0 Å². The van der Waals surface area contributed by atoms with Crippen molar-refractivity contribution >= 4 is 17.4 Å². The van der Waals surface area contributed by atoms with Crippen molar-refractivity contribution in [1.29, 1.82) is 0 Å². The van der Waals surface area contributed by atoms with Crippen molar-refractivity contribution in [3.05, 3.63) is 48.2 Å². The number of nitrogens with zero attached hydrogens (tertiary/aromatic N) is 1. The molecule has 2 aromatic rings. The minimum absolute atomic E-state index is 0.157. The molecular weight excluding hydrogens is 290 g/mol. The van der Waals surface area contributed by atoms with Crippen molar-refractivity contribution in [2.75, 3.05) is 23.8 Å². The van der Waals surface area contributed by atoms with Gasteiger partial charge in [0.15, 0.2) is 0 Å². The van der Waals surface area contributed by atoms with Crippen LogP contribution in [0.3, 0.4) is 0 Å². The Hall–Kier alpha value is -2.56. The summed E-state index contributed by atoms with van der Waals surface area (Å²) >= 11 is 0. The molecule has 1 aromatic heterocycles. The number of hydrogen-bond acceptors (Lipinski definition) is 4. The van der Waals surface area contributed by atoms with Crippen molar-refractivity contribution in [2.45, 2.75) is 26.7 Å². The number of anilines is 2. The maximum absolute atomic E-state index is 12.3. The van der Waals surface area contributed by atoms with E-state index in [1.54, 1.807) is 18.3 Å². The minimum atomic E-state index is -0.157. The number of hydrogen-bond donors (Lipinski definition) is 2. The number of pyridine rings is 1. The van der Waals surface area contributed by atoms with Gasteiger partial charge < -0.3 is 15.4 Å². The predicted molar refractivity (Wildman–Crippen MR) is 93.2 cm³/mol. The van der Waals surface area contributed by atoms with Gasteiger partial charge in [0.25, 0.3) is 5.91 Å². The third-order valence-electron chi connectivity index (χ3n) is 3.28. The molecule has 122 valence electrons. The lowest BCUT2D eigenvalue weighted by Gasteiger charge is -2.09. The van der Waals surface area contributed by atoms with E-state index in [2.05, 4.69) is 22.5 Å². The van der Waals surface area contributed by atoms with Crippen LogP contribution in [0.25, 0.3) is 0 Å². The van der Waals surface area contributed by atoms with E-state index in [1.807, 2.05) is 31.2 Å². The van der Waals surface area contributed by atoms with E-state index in [-0.39, 0.29) is 5.91 Å². The van der Waals surface area contributed by atoms with E-state index >= 15 is 0 Å². The number of carbonyl (C=O) groups is 1. The molecule has 2 N–H and O–H groups in total. The van der Waals surface area contributed by atoms with Crippen LogP contribution in [0.4, 0.5) is 11.5 Å². The monoisotopic (exact) mass is 313 g/mol. The van der Waals surface area contributed by atoms with E-state index in [0.717, 1.165) is 36.6 Å². The van der Waals surface area contributed by atoms with Crippen LogP contribution < -0.4 is 15.4 Å². The Morgan fingerprint density at radius 2 is 1.96 bits per heavy atom. The predicted octanol–water partition coefficient (Wildman–Crippen LogP) is 3.94. The van der Waals surface area contributed by atoms with Gasteiger partial charge in [-0.1, -0.05) is 13.3 Å². The summed E-state index contributed by atoms with van der Waals surface area (Å²) in [5.74, 6) is 1.35. The lowest BCUT2D eigenvalue weighted by atomic mass is 10.2. The molecule has 0 aliphatic carbocycles. The fraction of sp³-hybridized carbons (Fsp3) is 0.333. The average Bonchev–Trinajstić information content (AvgIpc) is 2.57. The van der Waals surface area contributed by atoms with E-state index in [9.17, 15) is 4.79 Å². The fourth-order valence-corrected chi connectivity index (χ4v) is 2.07. The van der Waals surface area contributed by atoms with Gasteiger partial charge in [0, 0.05) is 24.0 Å². The van der Waals surface area contributed by atoms with Crippen LogP contribution in [0, 0.1) is 0 Å². The molecule has 0 saturated heterocycles. The van der Waals surface area contributed by atoms with Crippen LogP contribution in [0.2, 0.25) is 0 Å². The summed E-state index contributed by atoms with van der Waals surface area (Å²) < 4.78 is 5.38. The van der Waals surface area contributed by atoms with E-state index in [0.29, 0.717) is 12.2 Å². The van der Waals surface area contributed by atoms with Gasteiger partial charge in [0.1, 0.15) is 11.6 Å². The number of benzene rings is 1. The summed E-state index contributed by atoms with van der Waals surface area (Å²) in [6, 6.07) is 10.8. The van der Waals surface area contributed by atoms with Crippen molar-refractivity contribution in [3.8, 4) is 5.75 Å². The number of unbranched alkanes of at least 4 members (excludes halogenated alkanes) is 1. The van der Waals surface area contributed by atoms with Gasteiger partial charge in [-0.3, -0.25) is 4.79 Å². The molecule has 0 saturated carbocycles. The Labute approximate surface area is 137 Å². The zero-order valence-electron chi connectivity index (χ0n) is 13.6. The average molecular weight is 313 g/mol. The highest BCUT2D eigenvalue weighted by Crippen LogP contribution is 2.17. The first-order chi connectivity index (χ1) is 11.2. The number of aromatic nitrogens is 1.